The summed E-state index contributed by atoms with van der Waals surface area (Å²) in [6, 6.07) is 6.85. The van der Waals surface area contributed by atoms with Gasteiger partial charge in [0.15, 0.2) is 0 Å². The molecule has 0 aliphatic carbocycles. The molecule has 94 valence electrons. The lowest BCUT2D eigenvalue weighted by Crippen LogP contribution is -2.20. The third-order valence-corrected chi connectivity index (χ3v) is 3.50. The summed E-state index contributed by atoms with van der Waals surface area (Å²) in [5.74, 6) is 0.418. The van der Waals surface area contributed by atoms with Crippen LogP contribution in [0.5, 0.6) is 5.75 Å². The van der Waals surface area contributed by atoms with E-state index in [1.807, 2.05) is 0 Å². The topological polar surface area (TPSA) is 32.3 Å². The van der Waals surface area contributed by atoms with Crippen LogP contribution in [0.3, 0.4) is 0 Å². The van der Waals surface area contributed by atoms with E-state index in [0.29, 0.717) is 6.42 Å². The summed E-state index contributed by atoms with van der Waals surface area (Å²) in [5, 5.41) is 12.5. The lowest BCUT2D eigenvalue weighted by Gasteiger charge is -2.18. The highest BCUT2D eigenvalue weighted by Gasteiger charge is 2.22. The molecule has 1 saturated heterocycles. The van der Waals surface area contributed by atoms with Crippen LogP contribution in [-0.4, -0.2) is 24.4 Å². The number of benzene rings is 1. The van der Waals surface area contributed by atoms with Gasteiger partial charge >= 0.3 is 0 Å². The Hall–Kier alpha value is -1.09. The maximum absolute atomic E-state index is 14.2. The molecule has 2 atom stereocenters. The Labute approximate surface area is 102 Å². The van der Waals surface area contributed by atoms with Crippen molar-refractivity contribution in [2.45, 2.75) is 31.9 Å². The quantitative estimate of drug-likeness (QED) is 0.847. The van der Waals surface area contributed by atoms with Crippen LogP contribution in [0.25, 0.3) is 0 Å². The summed E-state index contributed by atoms with van der Waals surface area (Å²) in [7, 11) is 0. The van der Waals surface area contributed by atoms with Gasteiger partial charge in [0, 0.05) is 6.42 Å². The lowest BCUT2D eigenvalue weighted by atomic mass is 9.91. The standard InChI is InChI=1S/C14H20FNO/c15-14(12-2-1-8-16-9-7-12)10-11-3-5-13(17)6-4-11/h3-6,12,14,16-17H,1-2,7-10H2. The Bertz CT molecular complexity index is 331. The molecule has 0 spiro atoms. The molecule has 1 aliphatic heterocycles. The predicted octanol–water partition coefficient (Wildman–Crippen LogP) is 2.66. The molecule has 1 fully saturated rings. The highest BCUT2D eigenvalue weighted by Crippen LogP contribution is 2.23. The normalized spacial score (nSPS) is 23.0. The van der Waals surface area contributed by atoms with E-state index in [1.54, 1.807) is 24.3 Å². The molecular weight excluding hydrogens is 217 g/mol. The second kappa shape index (κ2) is 6.01. The third kappa shape index (κ3) is 3.70. The minimum Gasteiger partial charge on any atom is -0.508 e. The van der Waals surface area contributed by atoms with E-state index in [4.69, 9.17) is 0 Å². The molecule has 2 N–H and O–H groups in total. The van der Waals surface area contributed by atoms with Gasteiger partial charge in [-0.3, -0.25) is 0 Å². The number of rotatable bonds is 3. The van der Waals surface area contributed by atoms with E-state index < -0.39 is 6.17 Å². The third-order valence-electron chi connectivity index (χ3n) is 3.50. The number of nitrogens with one attached hydrogen (secondary N) is 1. The zero-order valence-electron chi connectivity index (χ0n) is 10.0. The van der Waals surface area contributed by atoms with E-state index in [1.165, 1.54) is 0 Å². The van der Waals surface area contributed by atoms with Crippen molar-refractivity contribution in [2.24, 2.45) is 5.92 Å². The molecule has 1 aliphatic rings. The van der Waals surface area contributed by atoms with Crippen LogP contribution in [0.15, 0.2) is 24.3 Å². The van der Waals surface area contributed by atoms with Gasteiger partial charge in [0.25, 0.3) is 0 Å². The molecule has 3 heteroatoms. The van der Waals surface area contributed by atoms with Crippen LogP contribution in [0.4, 0.5) is 4.39 Å². The Balaban J connectivity index is 1.90. The molecule has 2 rings (SSSR count). The van der Waals surface area contributed by atoms with Gasteiger partial charge in [-0.25, -0.2) is 4.39 Å². The first kappa shape index (κ1) is 12.4. The molecule has 0 aromatic heterocycles. The molecule has 1 aromatic carbocycles. The summed E-state index contributed by atoms with van der Waals surface area (Å²) in [4.78, 5) is 0. The minimum absolute atomic E-state index is 0.179. The average Bonchev–Trinajstić information content (AvgIpc) is 2.61. The molecule has 1 aromatic rings. The zero-order chi connectivity index (χ0) is 12.1. The largest absolute Gasteiger partial charge is 0.508 e. The summed E-state index contributed by atoms with van der Waals surface area (Å²) < 4.78 is 14.2. The average molecular weight is 237 g/mol. The van der Waals surface area contributed by atoms with Crippen molar-refractivity contribution in [1.29, 1.82) is 0 Å². The van der Waals surface area contributed by atoms with Crippen LogP contribution in [0, 0.1) is 5.92 Å². The summed E-state index contributed by atoms with van der Waals surface area (Å²) in [6.45, 7) is 1.95. The first-order valence-electron chi connectivity index (χ1n) is 6.38. The monoisotopic (exact) mass is 237 g/mol. The van der Waals surface area contributed by atoms with Crippen LogP contribution in [-0.2, 0) is 6.42 Å². The molecule has 2 unspecified atom stereocenters. The van der Waals surface area contributed by atoms with E-state index in [-0.39, 0.29) is 11.7 Å². The molecule has 17 heavy (non-hydrogen) atoms. The number of hydrogen-bond donors (Lipinski definition) is 2. The smallest absolute Gasteiger partial charge is 0.115 e. The fourth-order valence-electron chi connectivity index (χ4n) is 2.43. The fraction of sp³-hybridized carbons (Fsp3) is 0.571. The Morgan fingerprint density at radius 3 is 2.76 bits per heavy atom. The van der Waals surface area contributed by atoms with Crippen LogP contribution in [0.2, 0.25) is 0 Å². The highest BCUT2D eigenvalue weighted by atomic mass is 19.1. The van der Waals surface area contributed by atoms with Crippen LogP contribution >= 0.6 is 0 Å². The number of hydrogen-bond acceptors (Lipinski definition) is 2. The molecule has 0 radical (unpaired) electrons. The number of phenols is 1. The Morgan fingerprint density at radius 2 is 2.00 bits per heavy atom. The Kier molecular flexibility index (Phi) is 4.37. The first-order valence-corrected chi connectivity index (χ1v) is 6.38. The number of alkyl halides is 1. The van der Waals surface area contributed by atoms with Gasteiger partial charge in [-0.2, -0.15) is 0 Å². The Morgan fingerprint density at radius 1 is 1.24 bits per heavy atom. The van der Waals surface area contributed by atoms with Crippen molar-refractivity contribution in [1.82, 2.24) is 5.32 Å². The van der Waals surface area contributed by atoms with E-state index in [2.05, 4.69) is 5.32 Å². The van der Waals surface area contributed by atoms with Gasteiger partial charge < -0.3 is 10.4 Å². The van der Waals surface area contributed by atoms with Gasteiger partial charge in [-0.15, -0.1) is 0 Å². The zero-order valence-corrected chi connectivity index (χ0v) is 10.0. The lowest BCUT2D eigenvalue weighted by molar-refractivity contribution is 0.210. The maximum atomic E-state index is 14.2. The van der Waals surface area contributed by atoms with Gasteiger partial charge in [-0.05, 0) is 56.0 Å². The minimum atomic E-state index is -0.764. The van der Waals surface area contributed by atoms with E-state index in [0.717, 1.165) is 37.9 Å². The molecule has 0 amide bonds. The molecule has 0 saturated carbocycles. The summed E-state index contributed by atoms with van der Waals surface area (Å²) in [6.07, 6.45) is 2.68. The second-order valence-electron chi connectivity index (χ2n) is 4.83. The van der Waals surface area contributed by atoms with Crippen molar-refractivity contribution in [2.75, 3.05) is 13.1 Å². The highest BCUT2D eigenvalue weighted by molar-refractivity contribution is 5.26. The number of phenolic OH excluding ortho intramolecular Hbond substituents is 1. The van der Waals surface area contributed by atoms with Gasteiger partial charge in [-0.1, -0.05) is 12.1 Å². The van der Waals surface area contributed by atoms with Crippen LogP contribution in [0.1, 0.15) is 24.8 Å². The fourth-order valence-corrected chi connectivity index (χ4v) is 2.43. The predicted molar refractivity (Wildman–Crippen MR) is 66.9 cm³/mol. The van der Waals surface area contributed by atoms with Crippen molar-refractivity contribution in [3.8, 4) is 5.75 Å². The van der Waals surface area contributed by atoms with Crippen molar-refractivity contribution in [3.63, 3.8) is 0 Å². The summed E-state index contributed by atoms with van der Waals surface area (Å²) >= 11 is 0. The van der Waals surface area contributed by atoms with Crippen LogP contribution < -0.4 is 5.32 Å². The van der Waals surface area contributed by atoms with E-state index in [9.17, 15) is 9.50 Å². The molecule has 0 bridgehead atoms. The number of halogens is 1. The van der Waals surface area contributed by atoms with Crippen molar-refractivity contribution < 1.29 is 9.50 Å². The van der Waals surface area contributed by atoms with Gasteiger partial charge in [0.2, 0.25) is 0 Å². The first-order chi connectivity index (χ1) is 8.25. The molecule has 1 heterocycles. The maximum Gasteiger partial charge on any atom is 0.115 e. The van der Waals surface area contributed by atoms with Crippen molar-refractivity contribution >= 4 is 0 Å². The molecular formula is C14H20FNO. The van der Waals surface area contributed by atoms with Gasteiger partial charge in [0.05, 0.1) is 0 Å². The second-order valence-corrected chi connectivity index (χ2v) is 4.83. The molecule has 2 nitrogen and oxygen atoms in total. The summed E-state index contributed by atoms with van der Waals surface area (Å²) in [5.41, 5.74) is 0.965. The van der Waals surface area contributed by atoms with Gasteiger partial charge in [0.1, 0.15) is 11.9 Å². The SMILES string of the molecule is Oc1ccc(CC(F)C2CCCNCC2)cc1. The number of aromatic hydroxyl groups is 1. The van der Waals surface area contributed by atoms with E-state index >= 15 is 0 Å². The van der Waals surface area contributed by atoms with Crippen molar-refractivity contribution in [3.05, 3.63) is 29.8 Å².